The highest BCUT2D eigenvalue weighted by Gasteiger charge is 2.40. The molecule has 9 atom stereocenters. The van der Waals surface area contributed by atoms with Crippen LogP contribution >= 0.6 is 11.3 Å². The number of carbonyl (C=O) groups excluding carboxylic acids is 10. The third-order valence-corrected chi connectivity index (χ3v) is 19.4. The molecule has 0 saturated carbocycles. The predicted molar refractivity (Wildman–Crippen MR) is 385 cm³/mol. The number of hydrogen-bond donors (Lipinski definition) is 9. The molecule has 10 N–H and O–H groups in total. The van der Waals surface area contributed by atoms with Gasteiger partial charge in [-0.2, -0.15) is 0 Å². The summed E-state index contributed by atoms with van der Waals surface area (Å²) >= 11 is 1.07. The van der Waals surface area contributed by atoms with Crippen LogP contribution in [0.25, 0.3) is 11.1 Å². The van der Waals surface area contributed by atoms with Gasteiger partial charge in [-0.05, 0) is 140 Å². The molecule has 101 heavy (non-hydrogen) atoms. The lowest BCUT2D eigenvalue weighted by Crippen LogP contribution is -2.59. The van der Waals surface area contributed by atoms with Crippen molar-refractivity contribution in [3.05, 3.63) is 130 Å². The lowest BCUT2D eigenvalue weighted by molar-refractivity contribution is -0.161. The van der Waals surface area contributed by atoms with E-state index in [2.05, 4.69) is 37.2 Å². The number of phenols is 1. The number of likely N-dealkylation sites (N-methyl/N-ethyl adjacent to an activating group) is 1. The molecular weight excluding hydrogens is 1310 g/mol. The number of urea groups is 1. The van der Waals surface area contributed by atoms with Crippen LogP contribution in [0.4, 0.5) is 21.0 Å². The molecule has 7 rings (SSSR count). The normalized spacial score (nSPS) is 16.0. The third kappa shape index (κ3) is 23.0. The second-order valence-corrected chi connectivity index (χ2v) is 28.4. The van der Waals surface area contributed by atoms with E-state index in [9.17, 15) is 48.3 Å². The Labute approximate surface area is 595 Å². The van der Waals surface area contributed by atoms with Crippen molar-refractivity contribution in [1.29, 1.82) is 0 Å². The van der Waals surface area contributed by atoms with Gasteiger partial charge in [-0.1, -0.05) is 136 Å². The number of nitrogens with two attached hydrogens (primary N) is 1. The molecular formula is C75H101N11O14S. The average Bonchev–Trinajstić information content (AvgIpc) is 1.63. The number of amides is 9. The average molecular weight is 1410 g/mol. The molecule has 2 heterocycles. The Kier molecular flexibility index (Phi) is 29.6. The minimum absolute atomic E-state index is 0.0114. The first kappa shape index (κ1) is 78.9. The van der Waals surface area contributed by atoms with E-state index in [0.717, 1.165) is 58.5 Å². The van der Waals surface area contributed by atoms with Crippen molar-refractivity contribution >= 4 is 82.2 Å². The number of anilines is 2. The first-order valence-corrected chi connectivity index (χ1v) is 35.8. The van der Waals surface area contributed by atoms with Gasteiger partial charge >= 0.3 is 24.1 Å². The molecule has 25 nitrogen and oxygen atoms in total. The number of likely N-dealkylation sites (tertiary alicyclic amines) is 1. The van der Waals surface area contributed by atoms with E-state index in [1.807, 2.05) is 102 Å². The monoisotopic (exact) mass is 1410 g/mol. The van der Waals surface area contributed by atoms with E-state index in [1.54, 1.807) is 57.2 Å². The second-order valence-electron chi connectivity index (χ2n) is 27.6. The predicted octanol–water partition coefficient (Wildman–Crippen LogP) is 9.70. The number of ether oxygens (including phenoxy) is 3. The number of aromatic nitrogens is 1. The third-order valence-electron chi connectivity index (χ3n) is 18.5. The molecule has 0 radical (unpaired) electrons. The number of esters is 2. The lowest BCUT2D eigenvalue weighted by Gasteiger charge is -2.39. The van der Waals surface area contributed by atoms with E-state index in [1.165, 1.54) is 29.3 Å². The number of hydrogen-bond acceptors (Lipinski definition) is 17. The lowest BCUT2D eigenvalue weighted by atomic mass is 9.92. The molecule has 1 aliphatic heterocycles. The Morgan fingerprint density at radius 1 is 0.733 bits per heavy atom. The number of nitrogens with zero attached hydrogens (tertiary/aromatic N) is 3. The summed E-state index contributed by atoms with van der Waals surface area (Å²) < 4.78 is 17.5. The highest BCUT2D eigenvalue weighted by molar-refractivity contribution is 7.09. The largest absolute Gasteiger partial charge is 0.508 e. The van der Waals surface area contributed by atoms with Gasteiger partial charge < -0.3 is 67.2 Å². The maximum absolute atomic E-state index is 15.1. The number of rotatable bonds is 35. The molecule has 5 aromatic rings. The van der Waals surface area contributed by atoms with Crippen LogP contribution in [-0.4, -0.2) is 149 Å². The maximum Gasteiger partial charge on any atom is 0.407 e. The van der Waals surface area contributed by atoms with Crippen LogP contribution in [0.15, 0.2) is 102 Å². The number of phenolic OH excluding ortho intramolecular Hbond substituents is 1. The molecule has 1 aromatic heterocycles. The number of thiazole rings is 1. The number of piperidine rings is 1. The molecule has 1 aliphatic carbocycles. The van der Waals surface area contributed by atoms with Crippen LogP contribution in [0, 0.1) is 29.6 Å². The Morgan fingerprint density at radius 2 is 1.37 bits per heavy atom. The Morgan fingerprint density at radius 3 is 1.95 bits per heavy atom. The SMILES string of the molecule is CCC(C)C(NC(=O)C1CCCCN1C)C(=O)N(COC(=O)CC(C)C)C(CC(OC(C)=O)c1nc(C(=O)NC(Cc2ccc(O)cc2)CC(C)C(=O)Nc2ccc(NC(=O)[C@H](CCCNC(N)=O)NC(=O)[C@@H](NC(=O)OCC3c4ccccc4-c4ccccc43)C(C)C)cc2)cs1)C(C)C. The van der Waals surface area contributed by atoms with Gasteiger partial charge in [0, 0.05) is 67.0 Å². The molecule has 7 unspecified atom stereocenters. The highest BCUT2D eigenvalue weighted by Crippen LogP contribution is 2.44. The summed E-state index contributed by atoms with van der Waals surface area (Å²) in [5, 5.41) is 31.7. The van der Waals surface area contributed by atoms with Gasteiger partial charge in [0.1, 0.15) is 41.2 Å². The maximum atomic E-state index is 15.1. The second kappa shape index (κ2) is 37.8. The molecule has 0 bridgehead atoms. The first-order valence-electron chi connectivity index (χ1n) is 35.0. The first-order chi connectivity index (χ1) is 48.1. The van der Waals surface area contributed by atoms with Gasteiger partial charge in [-0.25, -0.2) is 14.6 Å². The number of alkyl carbamates (subject to hydrolysis) is 1. The van der Waals surface area contributed by atoms with Gasteiger partial charge in [-0.3, -0.25) is 43.3 Å². The van der Waals surface area contributed by atoms with E-state index in [0.29, 0.717) is 24.2 Å². The van der Waals surface area contributed by atoms with Crippen molar-refractivity contribution in [2.75, 3.05) is 44.1 Å². The fraction of sp³-hybridized carbons (Fsp3) is 0.507. The molecule has 0 spiro atoms. The van der Waals surface area contributed by atoms with Gasteiger partial charge in [-0.15, -0.1) is 11.3 Å². The fourth-order valence-corrected chi connectivity index (χ4v) is 13.5. The van der Waals surface area contributed by atoms with Gasteiger partial charge in [0.15, 0.2) is 12.8 Å². The number of aromatic hydroxyl groups is 1. The number of fused-ring (bicyclic) bond motifs is 3. The van der Waals surface area contributed by atoms with Crippen molar-refractivity contribution in [1.82, 2.24) is 41.4 Å². The van der Waals surface area contributed by atoms with E-state index < -0.39 is 115 Å². The molecule has 2 aliphatic rings. The van der Waals surface area contributed by atoms with Crippen LogP contribution in [0.2, 0.25) is 0 Å². The molecule has 1 saturated heterocycles. The standard InChI is InChI=1S/C75H101N11O14S/c1-12-46(8)66(83-70(93)61-25-17-18-35-85(61)11)73(95)86(42-99-64(89)36-43(2)3)62(44(4)5)39-63(100-48(10)87)72-82-60(41-101-72)69(92)80-52(38-49-26-32-53(88)33-27-49)37-47(9)67(90)78-50-28-30-51(31-29-50)79-68(91)59(24-19-34-77-74(76)96)81-71(94)65(45(6)7)84-75(97)98-40-58-56-22-15-13-20-54(56)55-21-14-16-23-57(55)58/h13-16,20-23,26-33,41,43-47,52,58-59,61-63,65-66,88H,12,17-19,24-25,34-40,42H2,1-11H3,(H,78,90)(H,79,91)(H,80,92)(H,81,94)(H,83,93)(H,84,97)(H3,76,77,96)/t46?,47?,52?,59-,61?,62?,63?,65-,66?/m0/s1. The summed E-state index contributed by atoms with van der Waals surface area (Å²) in [6, 6.07) is 22.7. The van der Waals surface area contributed by atoms with E-state index >= 15 is 4.79 Å². The molecule has 4 aromatic carbocycles. The summed E-state index contributed by atoms with van der Waals surface area (Å²) in [6.07, 6.45) is 1.87. The molecule has 9 amide bonds. The summed E-state index contributed by atoms with van der Waals surface area (Å²) in [6.45, 7) is 18.2. The van der Waals surface area contributed by atoms with Crippen LogP contribution < -0.4 is 43.0 Å². The van der Waals surface area contributed by atoms with Crippen molar-refractivity contribution < 1.29 is 67.3 Å². The molecule has 1 fully saturated rings. The van der Waals surface area contributed by atoms with Crippen LogP contribution in [0.3, 0.4) is 0 Å². The van der Waals surface area contributed by atoms with Crippen LogP contribution in [-0.2, 0) is 54.2 Å². The zero-order valence-electron chi connectivity index (χ0n) is 59.8. The summed E-state index contributed by atoms with van der Waals surface area (Å²) in [7, 11) is 1.89. The van der Waals surface area contributed by atoms with Crippen LogP contribution in [0.1, 0.15) is 171 Å². The number of carbonyl (C=O) groups is 10. The Hall–Kier alpha value is -9.43. The smallest absolute Gasteiger partial charge is 0.407 e. The fourth-order valence-electron chi connectivity index (χ4n) is 12.7. The highest BCUT2D eigenvalue weighted by atomic mass is 32.1. The van der Waals surface area contributed by atoms with Crippen molar-refractivity contribution in [2.45, 2.75) is 182 Å². The Balaban J connectivity index is 1.01. The molecule has 546 valence electrons. The van der Waals surface area contributed by atoms with E-state index in [-0.39, 0.29) is 97.7 Å². The van der Waals surface area contributed by atoms with Gasteiger partial charge in [0.2, 0.25) is 29.5 Å². The van der Waals surface area contributed by atoms with E-state index in [4.69, 9.17) is 24.9 Å². The summed E-state index contributed by atoms with van der Waals surface area (Å²) in [5.74, 6) is -6.14. The van der Waals surface area contributed by atoms with Crippen molar-refractivity contribution in [3.8, 4) is 16.9 Å². The number of primary amides is 1. The minimum atomic E-state index is -1.14. The summed E-state index contributed by atoms with van der Waals surface area (Å²) in [5.41, 5.74) is 10.9. The number of nitrogens with one attached hydrogen (secondary N) is 7. The quantitative estimate of drug-likeness (QED) is 0.00788. The summed E-state index contributed by atoms with van der Waals surface area (Å²) in [4.78, 5) is 145. The topological polar surface area (TPSA) is 348 Å². The Bertz CT molecular complexity index is 3610. The molecule has 26 heteroatoms. The zero-order chi connectivity index (χ0) is 73.6. The number of benzene rings is 4. The zero-order valence-corrected chi connectivity index (χ0v) is 60.6. The van der Waals surface area contributed by atoms with Gasteiger partial charge in [0.25, 0.3) is 5.91 Å². The van der Waals surface area contributed by atoms with Crippen LogP contribution in [0.5, 0.6) is 5.75 Å². The van der Waals surface area contributed by atoms with Gasteiger partial charge in [0.05, 0.1) is 6.04 Å². The van der Waals surface area contributed by atoms with Crippen molar-refractivity contribution in [2.24, 2.45) is 35.3 Å². The van der Waals surface area contributed by atoms with Crippen molar-refractivity contribution in [3.63, 3.8) is 0 Å². The minimum Gasteiger partial charge on any atom is -0.508 e.